The average Bonchev–Trinajstić information content (AvgIpc) is 2.00. The Bertz CT molecular complexity index is 202. The van der Waals surface area contributed by atoms with Crippen molar-refractivity contribution < 1.29 is 14.7 Å². The Labute approximate surface area is 99.2 Å². The van der Waals surface area contributed by atoms with Crippen LogP contribution in [0.3, 0.4) is 0 Å². The van der Waals surface area contributed by atoms with E-state index in [2.05, 4.69) is 6.92 Å². The maximum atomic E-state index is 10.3. The number of hydrogen-bond donors (Lipinski definition) is 1. The monoisotopic (exact) mass is 230 g/mol. The smallest absolute Gasteiger partial charge is 0.132 e. The molecule has 0 aliphatic heterocycles. The Kier molecular flexibility index (Phi) is 10.5. The van der Waals surface area contributed by atoms with Crippen LogP contribution in [0.15, 0.2) is 0 Å². The van der Waals surface area contributed by atoms with Gasteiger partial charge in [0, 0.05) is 12.8 Å². The normalized spacial score (nSPS) is 10.4. The molecular weight excluding hydrogens is 204 g/mol. The molecule has 96 valence electrons. The van der Waals surface area contributed by atoms with Crippen molar-refractivity contribution in [1.29, 1.82) is 0 Å². The summed E-state index contributed by atoms with van der Waals surface area (Å²) in [4.78, 5) is 20.6. The molecule has 16 heavy (non-hydrogen) atoms. The van der Waals surface area contributed by atoms with Crippen LogP contribution in [-0.2, 0) is 9.59 Å². The number of aliphatic hydroxyl groups is 1. The van der Waals surface area contributed by atoms with Crippen molar-refractivity contribution in [2.24, 2.45) is 0 Å². The van der Waals surface area contributed by atoms with Gasteiger partial charge < -0.3 is 9.90 Å². The number of Topliss-reactive ketones (excluding diaryl/α,β-unsaturated/α-hetero) is 2. The number of carbonyl (C=O) groups is 2. The maximum Gasteiger partial charge on any atom is 0.132 e. The first-order valence-electron chi connectivity index (χ1n) is 5.90. The van der Waals surface area contributed by atoms with Crippen LogP contribution in [0.25, 0.3) is 0 Å². The molecule has 0 heterocycles. The molecular formula is C13H26O3. The van der Waals surface area contributed by atoms with E-state index in [1.807, 2.05) is 0 Å². The van der Waals surface area contributed by atoms with Crippen molar-refractivity contribution >= 4 is 11.6 Å². The van der Waals surface area contributed by atoms with E-state index >= 15 is 0 Å². The van der Waals surface area contributed by atoms with Crippen molar-refractivity contribution in [3.63, 3.8) is 0 Å². The van der Waals surface area contributed by atoms with Crippen LogP contribution in [0, 0.1) is 0 Å². The summed E-state index contributed by atoms with van der Waals surface area (Å²) in [6.07, 6.45) is 4.49. The molecule has 0 aromatic carbocycles. The third-order valence-corrected chi connectivity index (χ3v) is 1.81. The standard InChI is InChI=1S/C7H14O.C6H12O2/c1-3-4-5-6-7(2)8;1-5(7)4-6(2,3)8/h3-6H2,1-2H3;8H,4H2,1-3H3. The third-order valence-electron chi connectivity index (χ3n) is 1.81. The lowest BCUT2D eigenvalue weighted by Gasteiger charge is -2.13. The van der Waals surface area contributed by atoms with Crippen molar-refractivity contribution in [2.45, 2.75) is 72.3 Å². The Morgan fingerprint density at radius 1 is 1.06 bits per heavy atom. The van der Waals surface area contributed by atoms with E-state index in [-0.39, 0.29) is 12.2 Å². The lowest BCUT2D eigenvalue weighted by Crippen LogP contribution is -2.21. The van der Waals surface area contributed by atoms with E-state index in [4.69, 9.17) is 5.11 Å². The van der Waals surface area contributed by atoms with Gasteiger partial charge in [0.25, 0.3) is 0 Å². The fourth-order valence-corrected chi connectivity index (χ4v) is 1.23. The van der Waals surface area contributed by atoms with Gasteiger partial charge in [-0.1, -0.05) is 19.8 Å². The van der Waals surface area contributed by atoms with E-state index in [0.717, 1.165) is 12.8 Å². The van der Waals surface area contributed by atoms with Gasteiger partial charge in [-0.05, 0) is 34.1 Å². The zero-order chi connectivity index (χ0) is 13.2. The van der Waals surface area contributed by atoms with Gasteiger partial charge in [0.1, 0.15) is 11.6 Å². The molecule has 0 aromatic rings. The highest BCUT2D eigenvalue weighted by molar-refractivity contribution is 5.76. The largest absolute Gasteiger partial charge is 0.390 e. The van der Waals surface area contributed by atoms with E-state index < -0.39 is 5.60 Å². The van der Waals surface area contributed by atoms with Crippen LogP contribution in [0.4, 0.5) is 0 Å². The molecule has 3 heteroatoms. The number of hydrogen-bond acceptors (Lipinski definition) is 3. The van der Waals surface area contributed by atoms with Crippen molar-refractivity contribution in [1.82, 2.24) is 0 Å². The Morgan fingerprint density at radius 3 is 1.75 bits per heavy atom. The van der Waals surface area contributed by atoms with Gasteiger partial charge in [-0.25, -0.2) is 0 Å². The number of carbonyl (C=O) groups excluding carboxylic acids is 2. The molecule has 0 saturated carbocycles. The van der Waals surface area contributed by atoms with E-state index in [1.165, 1.54) is 19.8 Å². The maximum absolute atomic E-state index is 10.3. The second-order valence-electron chi connectivity index (χ2n) is 4.85. The summed E-state index contributed by atoms with van der Waals surface area (Å²) in [6, 6.07) is 0. The highest BCUT2D eigenvalue weighted by Gasteiger charge is 2.13. The quantitative estimate of drug-likeness (QED) is 0.714. The summed E-state index contributed by atoms with van der Waals surface area (Å²) in [5.41, 5.74) is -0.828. The zero-order valence-electron chi connectivity index (χ0n) is 11.3. The molecule has 0 unspecified atom stereocenters. The molecule has 0 amide bonds. The topological polar surface area (TPSA) is 54.4 Å². The van der Waals surface area contributed by atoms with Crippen LogP contribution in [-0.4, -0.2) is 22.3 Å². The molecule has 0 aromatic heterocycles. The van der Waals surface area contributed by atoms with Crippen LogP contribution in [0.5, 0.6) is 0 Å². The fraction of sp³-hybridized carbons (Fsp3) is 0.846. The summed E-state index contributed by atoms with van der Waals surface area (Å²) < 4.78 is 0. The van der Waals surface area contributed by atoms with Crippen LogP contribution >= 0.6 is 0 Å². The molecule has 0 bridgehead atoms. The minimum absolute atomic E-state index is 0.0255. The van der Waals surface area contributed by atoms with Crippen LogP contribution < -0.4 is 0 Å². The summed E-state index contributed by atoms with van der Waals surface area (Å²) in [7, 11) is 0. The SMILES string of the molecule is CC(=O)CC(C)(C)O.CCCCCC(C)=O. The average molecular weight is 230 g/mol. The van der Waals surface area contributed by atoms with Gasteiger partial charge >= 0.3 is 0 Å². The molecule has 0 aliphatic rings. The van der Waals surface area contributed by atoms with Crippen LogP contribution in [0.1, 0.15) is 66.7 Å². The molecule has 1 N–H and O–H groups in total. The Morgan fingerprint density at radius 2 is 1.56 bits per heavy atom. The first-order chi connectivity index (χ1) is 7.19. The van der Waals surface area contributed by atoms with Gasteiger partial charge in [0.2, 0.25) is 0 Å². The van der Waals surface area contributed by atoms with Gasteiger partial charge in [0.15, 0.2) is 0 Å². The molecule has 0 saturated heterocycles. The highest BCUT2D eigenvalue weighted by atomic mass is 16.3. The lowest BCUT2D eigenvalue weighted by molar-refractivity contribution is -0.120. The predicted octanol–water partition coefficient (Wildman–Crippen LogP) is 2.89. The highest BCUT2D eigenvalue weighted by Crippen LogP contribution is 2.06. The fourth-order valence-electron chi connectivity index (χ4n) is 1.23. The summed E-state index contributed by atoms with van der Waals surface area (Å²) in [6.45, 7) is 8.50. The van der Waals surface area contributed by atoms with Crippen LogP contribution in [0.2, 0.25) is 0 Å². The van der Waals surface area contributed by atoms with E-state index in [1.54, 1.807) is 20.8 Å². The molecule has 3 nitrogen and oxygen atoms in total. The number of unbranched alkanes of at least 4 members (excludes halogenated alkanes) is 2. The molecule has 0 atom stereocenters. The molecule has 0 spiro atoms. The molecule has 0 radical (unpaired) electrons. The van der Waals surface area contributed by atoms with Crippen molar-refractivity contribution in [3.8, 4) is 0 Å². The number of ketones is 2. The number of rotatable bonds is 6. The van der Waals surface area contributed by atoms with Gasteiger partial charge in [-0.15, -0.1) is 0 Å². The third kappa shape index (κ3) is 23.3. The first-order valence-corrected chi connectivity index (χ1v) is 5.90. The minimum atomic E-state index is -0.828. The van der Waals surface area contributed by atoms with Crippen molar-refractivity contribution in [2.75, 3.05) is 0 Å². The molecule has 0 rings (SSSR count). The minimum Gasteiger partial charge on any atom is -0.390 e. The van der Waals surface area contributed by atoms with E-state index in [0.29, 0.717) is 5.78 Å². The molecule has 0 aliphatic carbocycles. The Balaban J connectivity index is 0. The summed E-state index contributed by atoms with van der Waals surface area (Å²) in [5.74, 6) is 0.343. The summed E-state index contributed by atoms with van der Waals surface area (Å²) >= 11 is 0. The first kappa shape index (κ1) is 17.7. The van der Waals surface area contributed by atoms with Crippen molar-refractivity contribution in [3.05, 3.63) is 0 Å². The zero-order valence-corrected chi connectivity index (χ0v) is 11.3. The summed E-state index contributed by atoms with van der Waals surface area (Å²) in [5, 5.41) is 8.97. The second-order valence-corrected chi connectivity index (χ2v) is 4.85. The van der Waals surface area contributed by atoms with Gasteiger partial charge in [-0.2, -0.15) is 0 Å². The lowest BCUT2D eigenvalue weighted by atomic mass is 10.0. The van der Waals surface area contributed by atoms with Gasteiger partial charge in [-0.3, -0.25) is 4.79 Å². The Hall–Kier alpha value is -0.700. The molecule has 0 fully saturated rings. The van der Waals surface area contributed by atoms with Gasteiger partial charge in [0.05, 0.1) is 5.60 Å². The second kappa shape index (κ2) is 9.52. The predicted molar refractivity (Wildman–Crippen MR) is 66.4 cm³/mol. The van der Waals surface area contributed by atoms with E-state index in [9.17, 15) is 9.59 Å².